The van der Waals surface area contributed by atoms with Gasteiger partial charge in [-0.3, -0.25) is 9.59 Å². The summed E-state index contributed by atoms with van der Waals surface area (Å²) in [5, 5.41) is 9.93. The van der Waals surface area contributed by atoms with Crippen molar-refractivity contribution in [2.24, 2.45) is 0 Å². The van der Waals surface area contributed by atoms with E-state index in [0.717, 1.165) is 16.9 Å². The summed E-state index contributed by atoms with van der Waals surface area (Å²) in [5.41, 5.74) is 0.846. The molecule has 1 N–H and O–H groups in total. The maximum Gasteiger partial charge on any atom is 0.314 e. The van der Waals surface area contributed by atoms with Gasteiger partial charge in [0.25, 0.3) is 0 Å². The third kappa shape index (κ3) is 3.07. The highest BCUT2D eigenvalue weighted by molar-refractivity contribution is 5.86. The zero-order valence-corrected chi connectivity index (χ0v) is 15.1. The van der Waals surface area contributed by atoms with Gasteiger partial charge in [0.05, 0.1) is 17.9 Å². The molecule has 0 aliphatic carbocycles. The number of amides is 1. The summed E-state index contributed by atoms with van der Waals surface area (Å²) in [4.78, 5) is 27.1. The van der Waals surface area contributed by atoms with Crippen LogP contribution in [0, 0.1) is 0 Å². The summed E-state index contributed by atoms with van der Waals surface area (Å²) >= 11 is 0. The monoisotopic (exact) mass is 365 g/mol. The molecule has 27 heavy (non-hydrogen) atoms. The molecule has 5 heteroatoms. The standard InChI is InChI=1S/C22H23NO4/c24-20(18-10-15-27-19-9-5-4-8-17(18)19)23-13-11-22(12-14-23,21(25)26)16-6-2-1-3-7-16/h1-9,18H,10-15H2,(H,25,26). The van der Waals surface area contributed by atoms with Gasteiger partial charge in [0, 0.05) is 18.7 Å². The van der Waals surface area contributed by atoms with Crippen molar-refractivity contribution in [1.29, 1.82) is 0 Å². The number of rotatable bonds is 3. The minimum absolute atomic E-state index is 0.0813. The Morgan fingerprint density at radius 3 is 2.37 bits per heavy atom. The number of hydrogen-bond donors (Lipinski definition) is 1. The fourth-order valence-corrected chi connectivity index (χ4v) is 4.31. The minimum Gasteiger partial charge on any atom is -0.493 e. The van der Waals surface area contributed by atoms with Crippen LogP contribution in [-0.2, 0) is 15.0 Å². The number of likely N-dealkylation sites (tertiary alicyclic amines) is 1. The van der Waals surface area contributed by atoms with Crippen LogP contribution in [0.3, 0.4) is 0 Å². The molecule has 1 saturated heterocycles. The summed E-state index contributed by atoms with van der Waals surface area (Å²) in [5.74, 6) is -0.151. The molecule has 4 rings (SSSR count). The number of carboxylic acids is 1. The van der Waals surface area contributed by atoms with Crippen molar-refractivity contribution in [2.45, 2.75) is 30.6 Å². The van der Waals surface area contributed by atoms with Gasteiger partial charge in [-0.2, -0.15) is 0 Å². The van der Waals surface area contributed by atoms with E-state index in [1.54, 1.807) is 0 Å². The summed E-state index contributed by atoms with van der Waals surface area (Å²) in [6.07, 6.45) is 1.53. The summed E-state index contributed by atoms with van der Waals surface area (Å²) in [7, 11) is 0. The van der Waals surface area contributed by atoms with Gasteiger partial charge < -0.3 is 14.7 Å². The first-order valence-electron chi connectivity index (χ1n) is 9.41. The van der Waals surface area contributed by atoms with Crippen LogP contribution in [0.5, 0.6) is 5.75 Å². The van der Waals surface area contributed by atoms with E-state index >= 15 is 0 Å². The minimum atomic E-state index is -0.911. The predicted molar refractivity (Wildman–Crippen MR) is 101 cm³/mol. The molecule has 0 radical (unpaired) electrons. The number of nitrogens with zero attached hydrogens (tertiary/aromatic N) is 1. The number of carbonyl (C=O) groups excluding carboxylic acids is 1. The van der Waals surface area contributed by atoms with Crippen LogP contribution in [0.15, 0.2) is 54.6 Å². The Morgan fingerprint density at radius 2 is 1.67 bits per heavy atom. The normalized spacial score (nSPS) is 21.0. The number of ether oxygens (including phenoxy) is 1. The second-order valence-electron chi connectivity index (χ2n) is 7.31. The lowest BCUT2D eigenvalue weighted by Gasteiger charge is -2.40. The molecule has 1 fully saturated rings. The lowest BCUT2D eigenvalue weighted by Crippen LogP contribution is -2.50. The third-order valence-electron chi connectivity index (χ3n) is 5.92. The van der Waals surface area contributed by atoms with Gasteiger partial charge in [-0.15, -0.1) is 0 Å². The molecule has 0 aromatic heterocycles. The maximum absolute atomic E-state index is 13.2. The topological polar surface area (TPSA) is 66.8 Å². The van der Waals surface area contributed by atoms with E-state index in [0.29, 0.717) is 39.0 Å². The van der Waals surface area contributed by atoms with Crippen LogP contribution < -0.4 is 4.74 Å². The van der Waals surface area contributed by atoms with E-state index < -0.39 is 11.4 Å². The van der Waals surface area contributed by atoms with Crippen molar-refractivity contribution in [2.75, 3.05) is 19.7 Å². The smallest absolute Gasteiger partial charge is 0.314 e. The molecule has 0 spiro atoms. The molecule has 1 unspecified atom stereocenters. The van der Waals surface area contributed by atoms with Gasteiger partial charge in [0.15, 0.2) is 0 Å². The van der Waals surface area contributed by atoms with Crippen molar-refractivity contribution in [3.05, 3.63) is 65.7 Å². The van der Waals surface area contributed by atoms with E-state index in [1.807, 2.05) is 59.5 Å². The lowest BCUT2D eigenvalue weighted by atomic mass is 9.72. The average molecular weight is 365 g/mol. The van der Waals surface area contributed by atoms with E-state index in [1.165, 1.54) is 0 Å². The molecule has 2 aromatic rings. The highest BCUT2D eigenvalue weighted by atomic mass is 16.5. The number of carbonyl (C=O) groups is 2. The van der Waals surface area contributed by atoms with Gasteiger partial charge in [-0.1, -0.05) is 48.5 Å². The molecule has 2 aliphatic rings. The molecule has 5 nitrogen and oxygen atoms in total. The highest BCUT2D eigenvalue weighted by Gasteiger charge is 2.44. The van der Waals surface area contributed by atoms with Crippen LogP contribution in [0.2, 0.25) is 0 Å². The first-order chi connectivity index (χ1) is 13.1. The fourth-order valence-electron chi connectivity index (χ4n) is 4.31. The van der Waals surface area contributed by atoms with Crippen molar-refractivity contribution < 1.29 is 19.4 Å². The fraction of sp³-hybridized carbons (Fsp3) is 0.364. The van der Waals surface area contributed by atoms with Crippen molar-refractivity contribution in [3.8, 4) is 5.75 Å². The number of piperidine rings is 1. The van der Waals surface area contributed by atoms with Gasteiger partial charge in [0.2, 0.25) is 5.91 Å². The Kier molecular flexibility index (Phi) is 4.60. The Labute approximate surface area is 158 Å². The number of para-hydroxylation sites is 1. The van der Waals surface area contributed by atoms with E-state index in [9.17, 15) is 14.7 Å². The first kappa shape index (κ1) is 17.6. The van der Waals surface area contributed by atoms with Gasteiger partial charge >= 0.3 is 5.97 Å². The van der Waals surface area contributed by atoms with E-state index in [2.05, 4.69) is 0 Å². The van der Waals surface area contributed by atoms with Gasteiger partial charge in [-0.25, -0.2) is 0 Å². The number of hydrogen-bond acceptors (Lipinski definition) is 3. The van der Waals surface area contributed by atoms with Crippen LogP contribution >= 0.6 is 0 Å². The van der Waals surface area contributed by atoms with Crippen molar-refractivity contribution in [1.82, 2.24) is 4.90 Å². The van der Waals surface area contributed by atoms with Crippen LogP contribution in [0.25, 0.3) is 0 Å². The summed E-state index contributed by atoms with van der Waals surface area (Å²) in [6.45, 7) is 1.45. The lowest BCUT2D eigenvalue weighted by molar-refractivity contribution is -0.148. The maximum atomic E-state index is 13.2. The molecule has 2 aromatic carbocycles. The Morgan fingerprint density at radius 1 is 1.00 bits per heavy atom. The first-order valence-corrected chi connectivity index (χ1v) is 9.41. The highest BCUT2D eigenvalue weighted by Crippen LogP contribution is 2.39. The van der Waals surface area contributed by atoms with E-state index in [-0.39, 0.29) is 11.8 Å². The predicted octanol–water partition coefficient (Wildman–Crippen LogP) is 3.20. The quantitative estimate of drug-likeness (QED) is 0.907. The average Bonchev–Trinajstić information content (AvgIpc) is 2.73. The molecule has 140 valence electrons. The Balaban J connectivity index is 1.53. The SMILES string of the molecule is O=C(C1CCOc2ccccc21)N1CCC(C(=O)O)(c2ccccc2)CC1. The molecule has 1 amide bonds. The van der Waals surface area contributed by atoms with Gasteiger partial charge in [0.1, 0.15) is 5.75 Å². The third-order valence-corrected chi connectivity index (χ3v) is 5.92. The number of benzene rings is 2. The Bertz CT molecular complexity index is 840. The summed E-state index contributed by atoms with van der Waals surface area (Å²) in [6, 6.07) is 17.1. The molecule has 0 bridgehead atoms. The van der Waals surface area contributed by atoms with E-state index in [4.69, 9.17) is 4.74 Å². The van der Waals surface area contributed by atoms with Gasteiger partial charge in [-0.05, 0) is 30.9 Å². The number of carboxylic acid groups (broad SMARTS) is 1. The van der Waals surface area contributed by atoms with Crippen LogP contribution in [-0.4, -0.2) is 41.6 Å². The second kappa shape index (κ2) is 7.06. The molecule has 0 saturated carbocycles. The zero-order chi connectivity index (χ0) is 18.9. The second-order valence-corrected chi connectivity index (χ2v) is 7.31. The van der Waals surface area contributed by atoms with Crippen LogP contribution in [0.4, 0.5) is 0 Å². The Hall–Kier alpha value is -2.82. The van der Waals surface area contributed by atoms with Crippen LogP contribution in [0.1, 0.15) is 36.3 Å². The molecule has 1 atom stereocenters. The number of aliphatic carboxylic acids is 1. The summed E-state index contributed by atoms with van der Waals surface area (Å²) < 4.78 is 5.67. The molecular weight excluding hydrogens is 342 g/mol. The largest absolute Gasteiger partial charge is 0.493 e. The van der Waals surface area contributed by atoms with Crippen molar-refractivity contribution in [3.63, 3.8) is 0 Å². The zero-order valence-electron chi connectivity index (χ0n) is 15.1. The number of fused-ring (bicyclic) bond motifs is 1. The molecular formula is C22H23NO4. The molecule has 2 aliphatic heterocycles. The van der Waals surface area contributed by atoms with Crippen molar-refractivity contribution >= 4 is 11.9 Å². The molecule has 2 heterocycles.